The van der Waals surface area contributed by atoms with Crippen LogP contribution in [0, 0.1) is 0 Å². The Kier molecular flexibility index (Phi) is 4.24. The van der Waals surface area contributed by atoms with Crippen LogP contribution in [0.2, 0.25) is 5.02 Å². The second-order valence-corrected chi connectivity index (χ2v) is 5.95. The van der Waals surface area contributed by atoms with Crippen LogP contribution in [0.3, 0.4) is 0 Å². The topological polar surface area (TPSA) is 74.8 Å². The van der Waals surface area contributed by atoms with Crippen molar-refractivity contribution in [3.63, 3.8) is 0 Å². The molecule has 1 aromatic heterocycles. The van der Waals surface area contributed by atoms with Gasteiger partial charge in [0, 0.05) is 17.1 Å². The summed E-state index contributed by atoms with van der Waals surface area (Å²) in [7, 11) is 0. The fraction of sp³-hybridized carbons (Fsp3) is 0.312. The molecule has 0 fully saturated rings. The van der Waals surface area contributed by atoms with Crippen molar-refractivity contribution in [1.29, 1.82) is 0 Å². The van der Waals surface area contributed by atoms with E-state index >= 15 is 0 Å². The summed E-state index contributed by atoms with van der Waals surface area (Å²) in [6.07, 6.45) is 2.53. The number of amides is 1. The molecular formula is C16H16ClN3O2. The molecule has 0 radical (unpaired) electrons. The maximum Gasteiger partial charge on any atom is 0.264 e. The van der Waals surface area contributed by atoms with Crippen molar-refractivity contribution < 1.29 is 4.79 Å². The van der Waals surface area contributed by atoms with Crippen LogP contribution in [0.4, 0.5) is 0 Å². The first-order chi connectivity index (χ1) is 10.6. The highest BCUT2D eigenvalue weighted by Crippen LogP contribution is 2.18. The minimum atomic E-state index is -0.204. The van der Waals surface area contributed by atoms with Gasteiger partial charge in [-0.3, -0.25) is 9.59 Å². The SMILES string of the molecule is O=C(Cc1cccc(Cl)c1)N[C@@H]1CCc2n[nH]c(=O)cc2C1. The van der Waals surface area contributed by atoms with Crippen molar-refractivity contribution in [2.75, 3.05) is 0 Å². The largest absolute Gasteiger partial charge is 0.353 e. The van der Waals surface area contributed by atoms with E-state index < -0.39 is 0 Å². The molecule has 22 heavy (non-hydrogen) atoms. The highest BCUT2D eigenvalue weighted by Gasteiger charge is 2.21. The third-order valence-corrected chi connectivity index (χ3v) is 4.03. The minimum Gasteiger partial charge on any atom is -0.353 e. The van der Waals surface area contributed by atoms with Gasteiger partial charge in [-0.1, -0.05) is 23.7 Å². The Balaban J connectivity index is 1.62. The number of nitrogens with one attached hydrogen (secondary N) is 2. The van der Waals surface area contributed by atoms with E-state index in [0.717, 1.165) is 29.7 Å². The number of carbonyl (C=O) groups is 1. The Morgan fingerprint density at radius 1 is 1.41 bits per heavy atom. The van der Waals surface area contributed by atoms with Gasteiger partial charge in [0.05, 0.1) is 12.1 Å². The third kappa shape index (κ3) is 3.54. The number of hydrogen-bond acceptors (Lipinski definition) is 3. The molecule has 0 saturated carbocycles. The van der Waals surface area contributed by atoms with E-state index in [9.17, 15) is 9.59 Å². The molecule has 114 valence electrons. The fourth-order valence-electron chi connectivity index (χ4n) is 2.77. The van der Waals surface area contributed by atoms with Gasteiger partial charge in [0.2, 0.25) is 5.91 Å². The van der Waals surface area contributed by atoms with Crippen LogP contribution in [0.5, 0.6) is 0 Å². The van der Waals surface area contributed by atoms with Gasteiger partial charge in [-0.05, 0) is 42.5 Å². The van der Waals surface area contributed by atoms with Crippen LogP contribution in [-0.2, 0) is 24.1 Å². The zero-order chi connectivity index (χ0) is 15.5. The Hall–Kier alpha value is -2.14. The number of carbonyl (C=O) groups excluding carboxylic acids is 1. The monoisotopic (exact) mass is 317 g/mol. The zero-order valence-electron chi connectivity index (χ0n) is 11.9. The van der Waals surface area contributed by atoms with Crippen molar-refractivity contribution in [3.05, 3.63) is 62.5 Å². The van der Waals surface area contributed by atoms with Crippen molar-refractivity contribution in [2.45, 2.75) is 31.7 Å². The van der Waals surface area contributed by atoms with Gasteiger partial charge < -0.3 is 5.32 Å². The van der Waals surface area contributed by atoms with Crippen molar-refractivity contribution >= 4 is 17.5 Å². The van der Waals surface area contributed by atoms with Crippen LogP contribution < -0.4 is 10.9 Å². The highest BCUT2D eigenvalue weighted by molar-refractivity contribution is 6.30. The molecule has 0 saturated heterocycles. The van der Waals surface area contributed by atoms with E-state index in [-0.39, 0.29) is 17.5 Å². The predicted octanol–water partition coefficient (Wildman–Crippen LogP) is 1.64. The van der Waals surface area contributed by atoms with E-state index in [1.807, 2.05) is 12.1 Å². The Labute approximate surface area is 132 Å². The quantitative estimate of drug-likeness (QED) is 0.903. The van der Waals surface area contributed by atoms with Crippen LogP contribution in [0.15, 0.2) is 35.1 Å². The number of aryl methyl sites for hydroxylation is 1. The molecule has 0 unspecified atom stereocenters. The van der Waals surface area contributed by atoms with E-state index in [1.54, 1.807) is 18.2 Å². The molecule has 1 heterocycles. The molecular weight excluding hydrogens is 302 g/mol. The molecule has 1 aliphatic rings. The van der Waals surface area contributed by atoms with E-state index in [2.05, 4.69) is 15.5 Å². The molecule has 0 spiro atoms. The molecule has 1 aliphatic carbocycles. The number of rotatable bonds is 3. The summed E-state index contributed by atoms with van der Waals surface area (Å²) in [5.41, 5.74) is 2.52. The summed E-state index contributed by atoms with van der Waals surface area (Å²) >= 11 is 5.92. The van der Waals surface area contributed by atoms with E-state index in [1.165, 1.54) is 0 Å². The number of aromatic nitrogens is 2. The van der Waals surface area contributed by atoms with E-state index in [4.69, 9.17) is 11.6 Å². The average Bonchev–Trinajstić information content (AvgIpc) is 2.46. The zero-order valence-corrected chi connectivity index (χ0v) is 12.7. The van der Waals surface area contributed by atoms with Crippen LogP contribution in [0.25, 0.3) is 0 Å². The Bertz CT molecular complexity index is 757. The van der Waals surface area contributed by atoms with Crippen LogP contribution in [0.1, 0.15) is 23.2 Å². The lowest BCUT2D eigenvalue weighted by Gasteiger charge is -2.24. The van der Waals surface area contributed by atoms with Gasteiger partial charge in [-0.25, -0.2) is 5.10 Å². The van der Waals surface area contributed by atoms with Crippen LogP contribution in [-0.4, -0.2) is 22.1 Å². The summed E-state index contributed by atoms with van der Waals surface area (Å²) in [4.78, 5) is 23.5. The van der Waals surface area contributed by atoms with Gasteiger partial charge in [0.1, 0.15) is 0 Å². The van der Waals surface area contributed by atoms with Gasteiger partial charge in [-0.15, -0.1) is 0 Å². The molecule has 1 aromatic carbocycles. The molecule has 2 N–H and O–H groups in total. The molecule has 6 heteroatoms. The normalized spacial score (nSPS) is 16.9. The molecule has 0 bridgehead atoms. The van der Waals surface area contributed by atoms with Gasteiger partial charge >= 0.3 is 0 Å². The Morgan fingerprint density at radius 3 is 3.09 bits per heavy atom. The number of benzene rings is 1. The summed E-state index contributed by atoms with van der Waals surface area (Å²) in [6, 6.07) is 8.90. The van der Waals surface area contributed by atoms with Crippen LogP contribution >= 0.6 is 11.6 Å². The average molecular weight is 318 g/mol. The van der Waals surface area contributed by atoms with E-state index in [0.29, 0.717) is 17.9 Å². The van der Waals surface area contributed by atoms with Crippen molar-refractivity contribution in [1.82, 2.24) is 15.5 Å². The van der Waals surface area contributed by atoms with Crippen molar-refractivity contribution in [2.24, 2.45) is 0 Å². The lowest BCUT2D eigenvalue weighted by Crippen LogP contribution is -2.40. The number of fused-ring (bicyclic) bond motifs is 1. The number of halogens is 1. The maximum absolute atomic E-state index is 12.1. The second-order valence-electron chi connectivity index (χ2n) is 5.52. The second kappa shape index (κ2) is 6.32. The number of aromatic amines is 1. The lowest BCUT2D eigenvalue weighted by molar-refractivity contribution is -0.121. The number of H-pyrrole nitrogens is 1. The maximum atomic E-state index is 12.1. The standard InChI is InChI=1S/C16H16ClN3O2/c17-12-3-1-2-10(6-12)7-15(21)18-13-4-5-14-11(8-13)9-16(22)20-19-14/h1-3,6,9,13H,4-5,7-8H2,(H,18,21)(H,20,22)/t13-/m1/s1. The number of hydrogen-bond donors (Lipinski definition) is 2. The Morgan fingerprint density at radius 2 is 2.27 bits per heavy atom. The minimum absolute atomic E-state index is 0.0338. The molecule has 3 rings (SSSR count). The highest BCUT2D eigenvalue weighted by atomic mass is 35.5. The molecule has 2 aromatic rings. The third-order valence-electron chi connectivity index (χ3n) is 3.79. The van der Waals surface area contributed by atoms with Gasteiger partial charge in [0.25, 0.3) is 5.56 Å². The van der Waals surface area contributed by atoms with Gasteiger partial charge in [0.15, 0.2) is 0 Å². The molecule has 5 nitrogen and oxygen atoms in total. The van der Waals surface area contributed by atoms with Crippen molar-refractivity contribution in [3.8, 4) is 0 Å². The fourth-order valence-corrected chi connectivity index (χ4v) is 2.99. The molecule has 1 amide bonds. The molecule has 1 atom stereocenters. The first-order valence-corrected chi connectivity index (χ1v) is 7.59. The lowest BCUT2D eigenvalue weighted by atomic mass is 9.92. The van der Waals surface area contributed by atoms with Gasteiger partial charge in [-0.2, -0.15) is 5.10 Å². The first kappa shape index (κ1) is 14.8. The number of nitrogens with zero attached hydrogens (tertiary/aromatic N) is 1. The summed E-state index contributed by atoms with van der Waals surface area (Å²) in [5.74, 6) is -0.0338. The summed E-state index contributed by atoms with van der Waals surface area (Å²) in [6.45, 7) is 0. The molecule has 0 aliphatic heterocycles. The summed E-state index contributed by atoms with van der Waals surface area (Å²) in [5, 5.41) is 10.1. The predicted molar refractivity (Wildman–Crippen MR) is 84.0 cm³/mol. The smallest absolute Gasteiger partial charge is 0.264 e. The summed E-state index contributed by atoms with van der Waals surface area (Å²) < 4.78 is 0. The first-order valence-electron chi connectivity index (χ1n) is 7.21.